The van der Waals surface area contributed by atoms with Crippen LogP contribution in [-0.2, 0) is 10.0 Å². The molecule has 3 aromatic rings. The molecule has 0 aliphatic carbocycles. The molecule has 0 aliphatic heterocycles. The maximum Gasteiger partial charge on any atom is 0.269 e. The predicted molar refractivity (Wildman–Crippen MR) is 119 cm³/mol. The molecule has 0 bridgehead atoms. The summed E-state index contributed by atoms with van der Waals surface area (Å²) < 4.78 is 27.9. The van der Waals surface area contributed by atoms with Crippen LogP contribution in [0.4, 0.5) is 5.69 Å². The smallest absolute Gasteiger partial charge is 0.269 e. The second-order valence-corrected chi connectivity index (χ2v) is 8.83. The number of carbonyl (C=O) groups is 2. The lowest BCUT2D eigenvalue weighted by Gasteiger charge is -2.12. The van der Waals surface area contributed by atoms with Gasteiger partial charge in [-0.15, -0.1) is 0 Å². The van der Waals surface area contributed by atoms with Gasteiger partial charge in [0.25, 0.3) is 21.8 Å². The number of hydrogen-bond donors (Lipinski definition) is 3. The summed E-state index contributed by atoms with van der Waals surface area (Å²) in [7, 11) is -3.76. The van der Waals surface area contributed by atoms with Gasteiger partial charge in [0, 0.05) is 16.8 Å². The van der Waals surface area contributed by atoms with Crippen molar-refractivity contribution in [3.8, 4) is 0 Å². The van der Waals surface area contributed by atoms with Crippen LogP contribution in [0, 0.1) is 20.8 Å². The first kappa shape index (κ1) is 22.0. The Hall–Kier alpha value is -3.65. The second-order valence-electron chi connectivity index (χ2n) is 7.17. The molecule has 0 saturated heterocycles. The Morgan fingerprint density at radius 2 is 1.39 bits per heavy atom. The number of hydrogen-bond acceptors (Lipinski definition) is 4. The van der Waals surface area contributed by atoms with Crippen LogP contribution in [0.5, 0.6) is 0 Å². The number of aryl methyl sites for hydroxylation is 3. The molecule has 0 unspecified atom stereocenters. The van der Waals surface area contributed by atoms with Gasteiger partial charge in [0.2, 0.25) is 0 Å². The van der Waals surface area contributed by atoms with E-state index in [1.165, 1.54) is 24.3 Å². The highest BCUT2D eigenvalue weighted by atomic mass is 32.2. The van der Waals surface area contributed by atoms with Gasteiger partial charge in [0.05, 0.1) is 4.90 Å². The molecule has 8 heteroatoms. The summed E-state index contributed by atoms with van der Waals surface area (Å²) in [6.07, 6.45) is 0. The summed E-state index contributed by atoms with van der Waals surface area (Å²) >= 11 is 0. The molecule has 0 aliphatic rings. The Kier molecular flexibility index (Phi) is 6.41. The van der Waals surface area contributed by atoms with E-state index in [0.29, 0.717) is 16.8 Å². The fraction of sp³-hybridized carbons (Fsp3) is 0.130. The average molecular weight is 438 g/mol. The molecule has 160 valence electrons. The molecule has 0 aromatic heterocycles. The van der Waals surface area contributed by atoms with Crippen molar-refractivity contribution in [1.82, 2.24) is 10.9 Å². The molecular formula is C23H23N3O4S. The second kappa shape index (κ2) is 9.01. The third-order valence-corrected chi connectivity index (χ3v) is 6.24. The molecule has 3 rings (SSSR count). The quantitative estimate of drug-likeness (QED) is 0.532. The fourth-order valence-electron chi connectivity index (χ4n) is 2.98. The average Bonchev–Trinajstić information content (AvgIpc) is 2.74. The molecule has 31 heavy (non-hydrogen) atoms. The zero-order valence-electron chi connectivity index (χ0n) is 17.4. The summed E-state index contributed by atoms with van der Waals surface area (Å²) in [5.74, 6) is -0.949. The van der Waals surface area contributed by atoms with Crippen LogP contribution in [0.25, 0.3) is 0 Å². The third-order valence-electron chi connectivity index (χ3n) is 4.71. The van der Waals surface area contributed by atoms with E-state index >= 15 is 0 Å². The topological polar surface area (TPSA) is 104 Å². The lowest BCUT2D eigenvalue weighted by molar-refractivity contribution is 0.0846. The molecule has 0 spiro atoms. The fourth-order valence-corrected chi connectivity index (χ4v) is 4.37. The van der Waals surface area contributed by atoms with Crippen LogP contribution in [0.2, 0.25) is 0 Å². The number of carbonyl (C=O) groups excluding carboxylic acids is 2. The van der Waals surface area contributed by atoms with Crippen molar-refractivity contribution in [2.24, 2.45) is 0 Å². The van der Waals surface area contributed by atoms with Gasteiger partial charge in [0.15, 0.2) is 0 Å². The zero-order valence-corrected chi connectivity index (χ0v) is 18.2. The van der Waals surface area contributed by atoms with E-state index in [4.69, 9.17) is 0 Å². The highest BCUT2D eigenvalue weighted by molar-refractivity contribution is 7.92. The number of hydrazine groups is 1. The third kappa shape index (κ3) is 5.29. The van der Waals surface area contributed by atoms with Gasteiger partial charge in [0.1, 0.15) is 0 Å². The minimum absolute atomic E-state index is 0.202. The zero-order chi connectivity index (χ0) is 22.6. The van der Waals surface area contributed by atoms with E-state index in [9.17, 15) is 18.0 Å². The first-order valence-corrected chi connectivity index (χ1v) is 11.0. The van der Waals surface area contributed by atoms with Gasteiger partial charge in [-0.05, 0) is 73.9 Å². The van der Waals surface area contributed by atoms with E-state index in [2.05, 4.69) is 15.6 Å². The van der Waals surface area contributed by atoms with Gasteiger partial charge in [-0.25, -0.2) is 8.42 Å². The minimum Gasteiger partial charge on any atom is -0.280 e. The van der Waals surface area contributed by atoms with Crippen molar-refractivity contribution in [2.75, 3.05) is 4.72 Å². The number of benzene rings is 3. The number of rotatable bonds is 5. The van der Waals surface area contributed by atoms with E-state index in [1.807, 2.05) is 19.1 Å². The standard InChI is InChI=1S/C23H23N3O4S/c1-15-8-9-17(3)21(14-15)31(29,30)26-19-12-10-18(11-13-19)22(27)24-25-23(28)20-7-5-4-6-16(20)2/h4-14,26H,1-3H3,(H,24,27)(H,25,28). The van der Waals surface area contributed by atoms with Gasteiger partial charge >= 0.3 is 0 Å². The van der Waals surface area contributed by atoms with Gasteiger partial charge in [-0.1, -0.05) is 30.3 Å². The molecule has 0 saturated carbocycles. The number of amides is 2. The molecule has 0 atom stereocenters. The largest absolute Gasteiger partial charge is 0.280 e. The summed E-state index contributed by atoms with van der Waals surface area (Å²) in [4.78, 5) is 24.7. The number of sulfonamides is 1. The molecule has 0 fully saturated rings. The first-order chi connectivity index (χ1) is 14.7. The summed E-state index contributed by atoms with van der Waals surface area (Å²) in [6.45, 7) is 5.35. The van der Waals surface area contributed by atoms with Crippen molar-refractivity contribution in [1.29, 1.82) is 0 Å². The summed E-state index contributed by atoms with van der Waals surface area (Å²) in [6, 6.07) is 18.1. The van der Waals surface area contributed by atoms with Crippen LogP contribution >= 0.6 is 0 Å². The van der Waals surface area contributed by atoms with Crippen LogP contribution in [0.1, 0.15) is 37.4 Å². The van der Waals surface area contributed by atoms with E-state index < -0.39 is 21.8 Å². The molecule has 3 N–H and O–H groups in total. The van der Waals surface area contributed by atoms with Crippen molar-refractivity contribution >= 4 is 27.5 Å². The first-order valence-electron chi connectivity index (χ1n) is 9.54. The number of nitrogens with one attached hydrogen (secondary N) is 3. The highest BCUT2D eigenvalue weighted by Crippen LogP contribution is 2.21. The summed E-state index contributed by atoms with van der Waals surface area (Å²) in [5.41, 5.74) is 8.03. The van der Waals surface area contributed by atoms with Gasteiger partial charge < -0.3 is 0 Å². The monoisotopic (exact) mass is 437 g/mol. The normalized spacial score (nSPS) is 10.9. The minimum atomic E-state index is -3.76. The van der Waals surface area contributed by atoms with E-state index in [1.54, 1.807) is 44.2 Å². The maximum absolute atomic E-state index is 12.7. The maximum atomic E-state index is 12.7. The van der Waals surface area contributed by atoms with Gasteiger partial charge in [-0.3, -0.25) is 25.2 Å². The van der Waals surface area contributed by atoms with Gasteiger partial charge in [-0.2, -0.15) is 0 Å². The van der Waals surface area contributed by atoms with E-state index in [0.717, 1.165) is 11.1 Å². The molecule has 0 heterocycles. The number of anilines is 1. The highest BCUT2D eigenvalue weighted by Gasteiger charge is 2.17. The molecule has 0 radical (unpaired) electrons. The molecule has 7 nitrogen and oxygen atoms in total. The Balaban J connectivity index is 1.65. The van der Waals surface area contributed by atoms with Crippen molar-refractivity contribution in [3.63, 3.8) is 0 Å². The van der Waals surface area contributed by atoms with Crippen LogP contribution in [-0.4, -0.2) is 20.2 Å². The molecule has 2 amide bonds. The van der Waals surface area contributed by atoms with Crippen LogP contribution in [0.15, 0.2) is 71.6 Å². The van der Waals surface area contributed by atoms with Crippen molar-refractivity contribution in [2.45, 2.75) is 25.7 Å². The van der Waals surface area contributed by atoms with Crippen molar-refractivity contribution < 1.29 is 18.0 Å². The Labute approximate surface area is 181 Å². The Morgan fingerprint density at radius 1 is 0.742 bits per heavy atom. The Bertz CT molecular complexity index is 1240. The van der Waals surface area contributed by atoms with E-state index in [-0.39, 0.29) is 10.5 Å². The molecule has 3 aromatic carbocycles. The van der Waals surface area contributed by atoms with Crippen LogP contribution in [0.3, 0.4) is 0 Å². The summed E-state index contributed by atoms with van der Waals surface area (Å²) in [5, 5.41) is 0. The molecular weight excluding hydrogens is 414 g/mol. The Morgan fingerprint density at radius 3 is 2.06 bits per heavy atom. The van der Waals surface area contributed by atoms with Crippen LogP contribution < -0.4 is 15.6 Å². The SMILES string of the molecule is Cc1ccc(C)c(S(=O)(=O)Nc2ccc(C(=O)NNC(=O)c3ccccc3C)cc2)c1. The lowest BCUT2D eigenvalue weighted by Crippen LogP contribution is -2.41. The van der Waals surface area contributed by atoms with Crippen molar-refractivity contribution in [3.05, 3.63) is 94.5 Å². The predicted octanol–water partition coefficient (Wildman–Crippen LogP) is 3.49. The lowest BCUT2D eigenvalue weighted by atomic mass is 10.1.